The highest BCUT2D eigenvalue weighted by Gasteiger charge is 2.46. The van der Waals surface area contributed by atoms with E-state index >= 15 is 0 Å². The average molecular weight is 320 g/mol. The number of rotatable bonds is 6. The molecule has 1 N–H and O–H groups in total. The van der Waals surface area contributed by atoms with Crippen molar-refractivity contribution in [2.24, 2.45) is 7.05 Å². The van der Waals surface area contributed by atoms with Crippen molar-refractivity contribution < 1.29 is 9.53 Å². The van der Waals surface area contributed by atoms with Gasteiger partial charge < -0.3 is 15.0 Å². The van der Waals surface area contributed by atoms with E-state index < -0.39 is 0 Å². The van der Waals surface area contributed by atoms with E-state index in [-0.39, 0.29) is 5.54 Å². The average Bonchev–Trinajstić information content (AvgIpc) is 3.10. The summed E-state index contributed by atoms with van der Waals surface area (Å²) in [7, 11) is 3.64. The zero-order chi connectivity index (χ0) is 16.3. The van der Waals surface area contributed by atoms with Crippen LogP contribution in [0.4, 0.5) is 0 Å². The summed E-state index contributed by atoms with van der Waals surface area (Å²) >= 11 is 0. The SMILES string of the molecule is COCCN1C(=O)CCC12CCC(NCc1cnn(C)c1)CC2. The summed E-state index contributed by atoms with van der Waals surface area (Å²) < 4.78 is 7.02. The third kappa shape index (κ3) is 3.58. The van der Waals surface area contributed by atoms with Crippen molar-refractivity contribution in [1.29, 1.82) is 0 Å². The van der Waals surface area contributed by atoms with Crippen LogP contribution in [0.25, 0.3) is 0 Å². The zero-order valence-electron chi connectivity index (χ0n) is 14.3. The van der Waals surface area contributed by atoms with Crippen LogP contribution in [-0.4, -0.2) is 52.4 Å². The molecule has 0 radical (unpaired) electrons. The maximum atomic E-state index is 12.2. The molecule has 0 unspecified atom stereocenters. The summed E-state index contributed by atoms with van der Waals surface area (Å²) in [5, 5.41) is 7.85. The first-order valence-electron chi connectivity index (χ1n) is 8.63. The Balaban J connectivity index is 1.51. The molecule has 0 atom stereocenters. The van der Waals surface area contributed by atoms with Gasteiger partial charge >= 0.3 is 0 Å². The van der Waals surface area contributed by atoms with Crippen molar-refractivity contribution in [1.82, 2.24) is 20.0 Å². The molecule has 1 aliphatic heterocycles. The van der Waals surface area contributed by atoms with Crippen molar-refractivity contribution in [2.45, 2.75) is 56.7 Å². The number of hydrogen-bond donors (Lipinski definition) is 1. The van der Waals surface area contributed by atoms with Gasteiger partial charge in [-0.15, -0.1) is 0 Å². The lowest BCUT2D eigenvalue weighted by atomic mass is 9.77. The molecule has 1 aromatic rings. The number of nitrogens with one attached hydrogen (secondary N) is 1. The molecular weight excluding hydrogens is 292 g/mol. The Labute approximate surface area is 138 Å². The molecule has 23 heavy (non-hydrogen) atoms. The number of hydrogen-bond acceptors (Lipinski definition) is 4. The fraction of sp³-hybridized carbons (Fsp3) is 0.765. The fourth-order valence-electron chi connectivity index (χ4n) is 4.12. The van der Waals surface area contributed by atoms with E-state index in [0.29, 0.717) is 25.0 Å². The van der Waals surface area contributed by atoms with Gasteiger partial charge in [-0.3, -0.25) is 9.48 Å². The molecule has 2 fully saturated rings. The van der Waals surface area contributed by atoms with Gasteiger partial charge in [-0.05, 0) is 32.1 Å². The molecule has 2 aliphatic rings. The smallest absolute Gasteiger partial charge is 0.223 e. The third-order valence-corrected chi connectivity index (χ3v) is 5.47. The van der Waals surface area contributed by atoms with Crippen molar-refractivity contribution in [3.8, 4) is 0 Å². The molecule has 6 heteroatoms. The van der Waals surface area contributed by atoms with Crippen molar-refractivity contribution in [3.63, 3.8) is 0 Å². The second-order valence-corrected chi connectivity index (χ2v) is 6.94. The van der Waals surface area contributed by atoms with Crippen molar-refractivity contribution in [3.05, 3.63) is 18.0 Å². The lowest BCUT2D eigenvalue weighted by molar-refractivity contribution is -0.133. The van der Waals surface area contributed by atoms with E-state index in [4.69, 9.17) is 4.74 Å². The number of aromatic nitrogens is 2. The number of nitrogens with zero attached hydrogens (tertiary/aromatic N) is 3. The first-order valence-corrected chi connectivity index (χ1v) is 8.63. The monoisotopic (exact) mass is 320 g/mol. The lowest BCUT2D eigenvalue weighted by Gasteiger charge is -2.44. The van der Waals surface area contributed by atoms with E-state index in [2.05, 4.69) is 21.5 Å². The molecule has 1 amide bonds. The molecule has 3 rings (SSSR count). The second kappa shape index (κ2) is 7.01. The highest BCUT2D eigenvalue weighted by molar-refractivity contribution is 5.79. The lowest BCUT2D eigenvalue weighted by Crippen LogP contribution is -2.51. The maximum absolute atomic E-state index is 12.2. The molecule has 0 aromatic carbocycles. The van der Waals surface area contributed by atoms with Crippen LogP contribution in [0.3, 0.4) is 0 Å². The fourth-order valence-corrected chi connectivity index (χ4v) is 4.12. The topological polar surface area (TPSA) is 59.4 Å². The Bertz CT molecular complexity index is 534. The normalized spacial score (nSPS) is 28.0. The predicted molar refractivity (Wildman–Crippen MR) is 87.9 cm³/mol. The quantitative estimate of drug-likeness (QED) is 0.862. The summed E-state index contributed by atoms with van der Waals surface area (Å²) in [6, 6.07) is 0.542. The van der Waals surface area contributed by atoms with E-state index in [0.717, 1.165) is 45.2 Å². The van der Waals surface area contributed by atoms with Crippen LogP contribution in [0.5, 0.6) is 0 Å². The molecule has 1 saturated carbocycles. The van der Waals surface area contributed by atoms with Gasteiger partial charge in [0.1, 0.15) is 0 Å². The first kappa shape index (κ1) is 16.5. The highest BCUT2D eigenvalue weighted by atomic mass is 16.5. The zero-order valence-corrected chi connectivity index (χ0v) is 14.3. The number of carbonyl (C=O) groups is 1. The van der Waals surface area contributed by atoms with Crippen molar-refractivity contribution >= 4 is 5.91 Å². The minimum atomic E-state index is 0.0993. The molecule has 0 bridgehead atoms. The van der Waals surface area contributed by atoms with Gasteiger partial charge in [0, 0.05) is 57.0 Å². The second-order valence-electron chi connectivity index (χ2n) is 6.94. The van der Waals surface area contributed by atoms with Crippen LogP contribution < -0.4 is 5.32 Å². The van der Waals surface area contributed by atoms with Crippen LogP contribution in [0.1, 0.15) is 44.1 Å². The molecular formula is C17H28N4O2. The standard InChI is InChI=1S/C17H28N4O2/c1-20-13-14(12-19-20)11-18-15-3-6-17(7-4-15)8-5-16(22)21(17)9-10-23-2/h12-13,15,18H,3-11H2,1-2H3. The van der Waals surface area contributed by atoms with E-state index in [9.17, 15) is 4.79 Å². The summed E-state index contributed by atoms with van der Waals surface area (Å²) in [6.45, 7) is 2.25. The third-order valence-electron chi connectivity index (χ3n) is 5.47. The molecule has 1 saturated heterocycles. The summed E-state index contributed by atoms with van der Waals surface area (Å²) in [5.74, 6) is 0.309. The van der Waals surface area contributed by atoms with Gasteiger partial charge in [-0.2, -0.15) is 5.10 Å². The predicted octanol–water partition coefficient (Wildman–Crippen LogP) is 1.46. The molecule has 1 spiro atoms. The first-order chi connectivity index (χ1) is 11.1. The minimum absolute atomic E-state index is 0.0993. The van der Waals surface area contributed by atoms with Crippen LogP contribution in [0.2, 0.25) is 0 Å². The minimum Gasteiger partial charge on any atom is -0.383 e. The Hall–Kier alpha value is -1.40. The van der Waals surface area contributed by atoms with Crippen LogP contribution >= 0.6 is 0 Å². The highest BCUT2D eigenvalue weighted by Crippen LogP contribution is 2.42. The summed E-state index contributed by atoms with van der Waals surface area (Å²) in [5.41, 5.74) is 1.33. The Kier molecular flexibility index (Phi) is 5.02. The van der Waals surface area contributed by atoms with Crippen LogP contribution in [0.15, 0.2) is 12.4 Å². The van der Waals surface area contributed by atoms with E-state index in [1.807, 2.05) is 17.9 Å². The molecule has 1 aromatic heterocycles. The summed E-state index contributed by atoms with van der Waals surface area (Å²) in [4.78, 5) is 14.3. The van der Waals surface area contributed by atoms with Crippen LogP contribution in [-0.2, 0) is 23.1 Å². The number of likely N-dealkylation sites (tertiary alicyclic amines) is 1. The van der Waals surface area contributed by atoms with E-state index in [1.165, 1.54) is 5.56 Å². The van der Waals surface area contributed by atoms with Gasteiger partial charge in [-0.1, -0.05) is 0 Å². The van der Waals surface area contributed by atoms with Gasteiger partial charge in [0.05, 0.1) is 12.8 Å². The number of carbonyl (C=O) groups excluding carboxylic acids is 1. The van der Waals surface area contributed by atoms with Gasteiger partial charge in [0.15, 0.2) is 0 Å². The largest absolute Gasteiger partial charge is 0.383 e. The summed E-state index contributed by atoms with van der Waals surface area (Å²) in [6.07, 6.45) is 10.2. The molecule has 1 aliphatic carbocycles. The van der Waals surface area contributed by atoms with Gasteiger partial charge in [0.25, 0.3) is 0 Å². The number of amides is 1. The van der Waals surface area contributed by atoms with Gasteiger partial charge in [-0.25, -0.2) is 0 Å². The number of ether oxygens (including phenoxy) is 1. The number of methoxy groups -OCH3 is 1. The molecule has 6 nitrogen and oxygen atoms in total. The van der Waals surface area contributed by atoms with Crippen LogP contribution in [0, 0.1) is 0 Å². The Morgan fingerprint density at radius 3 is 2.83 bits per heavy atom. The maximum Gasteiger partial charge on any atom is 0.223 e. The van der Waals surface area contributed by atoms with E-state index in [1.54, 1.807) is 7.11 Å². The van der Waals surface area contributed by atoms with Crippen molar-refractivity contribution in [2.75, 3.05) is 20.3 Å². The Morgan fingerprint density at radius 1 is 1.39 bits per heavy atom. The molecule has 128 valence electrons. The number of aryl methyl sites for hydroxylation is 1. The molecule has 2 heterocycles. The Morgan fingerprint density at radius 2 is 2.17 bits per heavy atom. The van der Waals surface area contributed by atoms with Gasteiger partial charge in [0.2, 0.25) is 5.91 Å².